The van der Waals surface area contributed by atoms with E-state index in [1.807, 2.05) is 0 Å². The van der Waals surface area contributed by atoms with E-state index in [2.05, 4.69) is 4.74 Å². The van der Waals surface area contributed by atoms with Crippen LogP contribution in [0.5, 0.6) is 0 Å². The highest BCUT2D eigenvalue weighted by molar-refractivity contribution is 8.00. The molecule has 0 fully saturated rings. The van der Waals surface area contributed by atoms with Crippen LogP contribution >= 0.6 is 11.8 Å². The molecule has 0 unspecified atom stereocenters. The van der Waals surface area contributed by atoms with Crippen molar-refractivity contribution in [2.24, 2.45) is 0 Å². The van der Waals surface area contributed by atoms with E-state index in [0.29, 0.717) is 0 Å². The molecule has 1 aromatic heterocycles. The van der Waals surface area contributed by atoms with Crippen LogP contribution in [-0.4, -0.2) is 23.2 Å². The van der Waals surface area contributed by atoms with Gasteiger partial charge in [0.05, 0.1) is 24.0 Å². The summed E-state index contributed by atoms with van der Waals surface area (Å²) in [6.07, 6.45) is 1.21. The van der Waals surface area contributed by atoms with Crippen molar-refractivity contribution in [3.63, 3.8) is 0 Å². The standard InChI is InChI=1S/C14H10F3N3O2S/c1-22-13(21)12-11(19)8(6-18)7-20(12)9-4-2-3-5-10(9)23-14(15,16)17/h2-5,7H,19H2,1H3. The van der Waals surface area contributed by atoms with Gasteiger partial charge >= 0.3 is 11.5 Å². The van der Waals surface area contributed by atoms with E-state index in [-0.39, 0.29) is 39.3 Å². The Morgan fingerprint density at radius 2 is 2.04 bits per heavy atom. The predicted molar refractivity (Wildman–Crippen MR) is 78.1 cm³/mol. The van der Waals surface area contributed by atoms with E-state index in [0.717, 1.165) is 11.7 Å². The third-order valence-electron chi connectivity index (χ3n) is 2.89. The number of methoxy groups -OCH3 is 1. The summed E-state index contributed by atoms with van der Waals surface area (Å²) in [7, 11) is 1.11. The number of hydrogen-bond acceptors (Lipinski definition) is 5. The molecule has 120 valence electrons. The number of para-hydroxylation sites is 1. The highest BCUT2D eigenvalue weighted by Gasteiger charge is 2.31. The maximum absolute atomic E-state index is 12.7. The maximum Gasteiger partial charge on any atom is 0.446 e. The van der Waals surface area contributed by atoms with Gasteiger partial charge in [0, 0.05) is 11.1 Å². The monoisotopic (exact) mass is 341 g/mol. The van der Waals surface area contributed by atoms with Crippen molar-refractivity contribution < 1.29 is 22.7 Å². The van der Waals surface area contributed by atoms with Gasteiger partial charge in [0.15, 0.2) is 5.69 Å². The topological polar surface area (TPSA) is 81.0 Å². The molecule has 0 atom stereocenters. The first-order valence-electron chi connectivity index (χ1n) is 6.13. The number of nitrogen functional groups attached to an aromatic ring is 1. The molecule has 0 amide bonds. The Morgan fingerprint density at radius 3 is 2.61 bits per heavy atom. The lowest BCUT2D eigenvalue weighted by atomic mass is 10.2. The first-order chi connectivity index (χ1) is 10.8. The second-order valence-electron chi connectivity index (χ2n) is 4.29. The minimum absolute atomic E-state index is 0.0304. The summed E-state index contributed by atoms with van der Waals surface area (Å²) in [6, 6.07) is 7.39. The molecule has 0 radical (unpaired) electrons. The van der Waals surface area contributed by atoms with Gasteiger partial charge in [-0.15, -0.1) is 0 Å². The van der Waals surface area contributed by atoms with Gasteiger partial charge in [-0.1, -0.05) is 12.1 Å². The number of aromatic nitrogens is 1. The second-order valence-corrected chi connectivity index (χ2v) is 5.40. The summed E-state index contributed by atoms with van der Waals surface area (Å²) >= 11 is -0.324. The Labute approximate surface area is 133 Å². The molecule has 2 aromatic rings. The number of halogens is 3. The number of nitrogens with zero attached hydrogens (tertiary/aromatic N) is 2. The fourth-order valence-corrected chi connectivity index (χ4v) is 2.64. The smallest absolute Gasteiger partial charge is 0.446 e. The number of thioether (sulfide) groups is 1. The van der Waals surface area contributed by atoms with E-state index in [1.54, 1.807) is 6.07 Å². The highest BCUT2D eigenvalue weighted by atomic mass is 32.2. The Hall–Kier alpha value is -2.60. The zero-order valence-electron chi connectivity index (χ0n) is 11.7. The van der Waals surface area contributed by atoms with Crippen LogP contribution in [0.3, 0.4) is 0 Å². The number of alkyl halides is 3. The van der Waals surface area contributed by atoms with E-state index < -0.39 is 11.5 Å². The SMILES string of the molecule is COC(=O)c1c(N)c(C#N)cn1-c1ccccc1SC(F)(F)F. The zero-order valence-corrected chi connectivity index (χ0v) is 12.5. The van der Waals surface area contributed by atoms with Crippen LogP contribution in [0.1, 0.15) is 16.1 Å². The highest BCUT2D eigenvalue weighted by Crippen LogP contribution is 2.40. The van der Waals surface area contributed by atoms with Crippen molar-refractivity contribution in [3.8, 4) is 11.8 Å². The van der Waals surface area contributed by atoms with Crippen LogP contribution in [0.4, 0.5) is 18.9 Å². The average Bonchev–Trinajstić information content (AvgIpc) is 2.82. The molecule has 0 saturated carbocycles. The summed E-state index contributed by atoms with van der Waals surface area (Å²) in [5, 5.41) is 9.03. The van der Waals surface area contributed by atoms with Gasteiger partial charge < -0.3 is 15.0 Å². The maximum atomic E-state index is 12.7. The molecule has 1 heterocycles. The van der Waals surface area contributed by atoms with Crippen molar-refractivity contribution >= 4 is 23.4 Å². The van der Waals surface area contributed by atoms with Gasteiger partial charge in [-0.05, 0) is 23.9 Å². The molecule has 23 heavy (non-hydrogen) atoms. The quantitative estimate of drug-likeness (QED) is 0.684. The Balaban J connectivity index is 2.68. The third kappa shape index (κ3) is 3.43. The number of nitrogens with two attached hydrogens (primary N) is 1. The van der Waals surface area contributed by atoms with Gasteiger partial charge in [0.2, 0.25) is 0 Å². The molecule has 1 aromatic carbocycles. The van der Waals surface area contributed by atoms with Crippen LogP contribution in [0.25, 0.3) is 5.69 Å². The number of rotatable bonds is 3. The summed E-state index contributed by atoms with van der Waals surface area (Å²) in [5.41, 5.74) is 0.931. The predicted octanol–water partition coefficient (Wildman–Crippen LogP) is 3.33. The molecule has 2 N–H and O–H groups in total. The van der Waals surface area contributed by atoms with E-state index in [1.165, 1.54) is 30.5 Å². The summed E-state index contributed by atoms with van der Waals surface area (Å²) < 4.78 is 43.8. The number of carbonyl (C=O) groups excluding carboxylic acids is 1. The van der Waals surface area contributed by atoms with Crippen LogP contribution in [-0.2, 0) is 4.74 Å². The minimum Gasteiger partial charge on any atom is -0.464 e. The lowest BCUT2D eigenvalue weighted by Crippen LogP contribution is -2.12. The molecule has 2 rings (SSSR count). The van der Waals surface area contributed by atoms with Crippen molar-refractivity contribution in [1.29, 1.82) is 5.26 Å². The van der Waals surface area contributed by atoms with Gasteiger partial charge in [0.1, 0.15) is 6.07 Å². The second kappa shape index (κ2) is 6.26. The number of benzene rings is 1. The van der Waals surface area contributed by atoms with Gasteiger partial charge in [-0.2, -0.15) is 18.4 Å². The summed E-state index contributed by atoms with van der Waals surface area (Å²) in [4.78, 5) is 11.8. The van der Waals surface area contributed by atoms with Crippen molar-refractivity contribution in [2.75, 3.05) is 12.8 Å². The van der Waals surface area contributed by atoms with Gasteiger partial charge in [-0.3, -0.25) is 0 Å². The number of anilines is 1. The molecule has 0 bridgehead atoms. The van der Waals surface area contributed by atoms with Crippen LogP contribution in [0, 0.1) is 11.3 Å². The molecule has 0 aliphatic rings. The van der Waals surface area contributed by atoms with Crippen LogP contribution < -0.4 is 5.73 Å². The minimum atomic E-state index is -4.50. The number of carbonyl (C=O) groups is 1. The molecule has 0 saturated heterocycles. The van der Waals surface area contributed by atoms with Crippen molar-refractivity contribution in [1.82, 2.24) is 4.57 Å². The van der Waals surface area contributed by atoms with Gasteiger partial charge in [-0.25, -0.2) is 4.79 Å². The van der Waals surface area contributed by atoms with Crippen LogP contribution in [0.15, 0.2) is 35.4 Å². The Bertz CT molecular complexity index is 794. The molecular formula is C14H10F3N3O2S. The Kier molecular flexibility index (Phi) is 4.56. The van der Waals surface area contributed by atoms with E-state index in [4.69, 9.17) is 11.0 Å². The van der Waals surface area contributed by atoms with E-state index >= 15 is 0 Å². The largest absolute Gasteiger partial charge is 0.464 e. The lowest BCUT2D eigenvalue weighted by molar-refractivity contribution is -0.0328. The fraction of sp³-hybridized carbons (Fsp3) is 0.143. The average molecular weight is 341 g/mol. The number of ether oxygens (including phenoxy) is 1. The fourth-order valence-electron chi connectivity index (χ4n) is 1.97. The molecule has 9 heteroatoms. The zero-order chi connectivity index (χ0) is 17.2. The number of nitriles is 1. The lowest BCUT2D eigenvalue weighted by Gasteiger charge is -2.14. The van der Waals surface area contributed by atoms with Crippen LogP contribution in [0.2, 0.25) is 0 Å². The molecule has 5 nitrogen and oxygen atoms in total. The first-order valence-corrected chi connectivity index (χ1v) is 6.94. The summed E-state index contributed by atoms with van der Waals surface area (Å²) in [6.45, 7) is 0. The normalized spacial score (nSPS) is 11.1. The third-order valence-corrected chi connectivity index (χ3v) is 3.69. The number of esters is 1. The molecular weight excluding hydrogens is 331 g/mol. The number of hydrogen-bond donors (Lipinski definition) is 1. The molecule has 0 aliphatic carbocycles. The van der Waals surface area contributed by atoms with Crippen molar-refractivity contribution in [2.45, 2.75) is 10.4 Å². The molecule has 0 spiro atoms. The Morgan fingerprint density at radius 1 is 1.39 bits per heavy atom. The summed E-state index contributed by atoms with van der Waals surface area (Å²) in [5.74, 6) is -0.851. The molecule has 0 aliphatic heterocycles. The first kappa shape index (κ1) is 16.8. The van der Waals surface area contributed by atoms with Gasteiger partial charge in [0.25, 0.3) is 0 Å². The van der Waals surface area contributed by atoms with E-state index in [9.17, 15) is 18.0 Å². The van der Waals surface area contributed by atoms with Crippen molar-refractivity contribution in [3.05, 3.63) is 41.7 Å².